The quantitative estimate of drug-likeness (QED) is 0.636. The Balaban J connectivity index is 1.75. The van der Waals surface area contributed by atoms with Gasteiger partial charge in [0, 0.05) is 31.4 Å². The zero-order valence-electron chi connectivity index (χ0n) is 13.4. The van der Waals surface area contributed by atoms with Crippen LogP contribution in [0.2, 0.25) is 5.15 Å². The number of aromatic nitrogens is 2. The van der Waals surface area contributed by atoms with Gasteiger partial charge in [-0.3, -0.25) is 9.78 Å². The Morgan fingerprint density at radius 3 is 3.04 bits per heavy atom. The summed E-state index contributed by atoms with van der Waals surface area (Å²) in [6, 6.07) is 5.65. The second-order valence-corrected chi connectivity index (χ2v) is 6.22. The van der Waals surface area contributed by atoms with Gasteiger partial charge in [0.05, 0.1) is 22.6 Å². The molecule has 1 aliphatic heterocycles. The maximum atomic E-state index is 11.5. The highest BCUT2D eigenvalue weighted by Gasteiger charge is 2.28. The summed E-state index contributed by atoms with van der Waals surface area (Å²) in [5.41, 5.74) is 3.04. The summed E-state index contributed by atoms with van der Waals surface area (Å²) in [6.07, 6.45) is 6.44. The molecule has 2 aromatic heterocycles. The molecule has 24 heavy (non-hydrogen) atoms. The lowest BCUT2D eigenvalue weighted by Crippen LogP contribution is -2.81. The van der Waals surface area contributed by atoms with Crippen molar-refractivity contribution in [3.8, 4) is 0 Å². The highest BCUT2D eigenvalue weighted by Crippen LogP contribution is 2.18. The molecule has 0 unspecified atom stereocenters. The molecule has 0 bridgehead atoms. The number of allylic oxidation sites excluding steroid dienone is 1. The van der Waals surface area contributed by atoms with Gasteiger partial charge in [-0.25, -0.2) is 4.98 Å². The Hall–Kier alpha value is -2.31. The van der Waals surface area contributed by atoms with E-state index in [1.165, 1.54) is 6.21 Å². The third kappa shape index (κ3) is 3.44. The number of halogens is 1. The van der Waals surface area contributed by atoms with E-state index < -0.39 is 0 Å². The predicted octanol–water partition coefficient (Wildman–Crippen LogP) is 1.46. The van der Waals surface area contributed by atoms with E-state index in [0.717, 1.165) is 29.6 Å². The number of hydrogen-bond donors (Lipinski definition) is 2. The minimum atomic E-state index is 0.200. The Morgan fingerprint density at radius 2 is 2.33 bits per heavy atom. The molecule has 1 aliphatic rings. The average molecular weight is 345 g/mol. The highest BCUT2D eigenvalue weighted by molar-refractivity contribution is 6.29. The maximum Gasteiger partial charge on any atom is 0.222 e. The van der Waals surface area contributed by atoms with Crippen molar-refractivity contribution in [3.63, 3.8) is 0 Å². The van der Waals surface area contributed by atoms with E-state index in [1.54, 1.807) is 17.2 Å². The van der Waals surface area contributed by atoms with Gasteiger partial charge in [0.1, 0.15) is 17.9 Å². The van der Waals surface area contributed by atoms with Crippen LogP contribution in [-0.2, 0) is 4.79 Å². The number of fused-ring (bicyclic) bond motifs is 1. The molecule has 1 amide bonds. The van der Waals surface area contributed by atoms with Gasteiger partial charge in [-0.05, 0) is 24.6 Å². The summed E-state index contributed by atoms with van der Waals surface area (Å²) < 4.78 is 0. The first-order valence-electron chi connectivity index (χ1n) is 7.81. The van der Waals surface area contributed by atoms with Crippen LogP contribution in [0.25, 0.3) is 16.6 Å². The number of nitrogens with two attached hydrogens (primary N) is 1. The van der Waals surface area contributed by atoms with Gasteiger partial charge >= 0.3 is 0 Å². The number of rotatable bonds is 5. The fraction of sp³-hybridized carbons (Fsp3) is 0.294. The number of hydrogen-bond acceptors (Lipinski definition) is 4. The zero-order valence-corrected chi connectivity index (χ0v) is 14.1. The molecule has 0 aromatic carbocycles. The van der Waals surface area contributed by atoms with Crippen molar-refractivity contribution in [2.75, 3.05) is 13.6 Å². The molecule has 3 N–H and O–H groups in total. The van der Waals surface area contributed by atoms with Crippen LogP contribution in [0, 0.1) is 5.41 Å². The van der Waals surface area contributed by atoms with Crippen molar-refractivity contribution in [2.24, 2.45) is 0 Å². The lowest BCUT2D eigenvalue weighted by molar-refractivity contribution is -0.591. The van der Waals surface area contributed by atoms with Crippen LogP contribution in [-0.4, -0.2) is 46.6 Å². The van der Waals surface area contributed by atoms with Crippen molar-refractivity contribution in [3.05, 3.63) is 41.3 Å². The van der Waals surface area contributed by atoms with E-state index in [4.69, 9.17) is 17.0 Å². The molecule has 0 radical (unpaired) electrons. The van der Waals surface area contributed by atoms with Crippen molar-refractivity contribution in [2.45, 2.75) is 18.9 Å². The predicted molar refractivity (Wildman–Crippen MR) is 93.9 cm³/mol. The average Bonchev–Trinajstić information content (AvgIpc) is 2.90. The van der Waals surface area contributed by atoms with Gasteiger partial charge < -0.3 is 15.6 Å². The van der Waals surface area contributed by atoms with Gasteiger partial charge in [-0.1, -0.05) is 11.6 Å². The van der Waals surface area contributed by atoms with E-state index in [9.17, 15) is 4.79 Å². The minimum Gasteiger partial charge on any atom is -0.337 e. The first kappa shape index (κ1) is 16.5. The first-order chi connectivity index (χ1) is 11.6. The van der Waals surface area contributed by atoms with E-state index >= 15 is 0 Å². The molecular formula is C17H19ClN5O+. The van der Waals surface area contributed by atoms with Crippen LogP contribution in [0.3, 0.4) is 0 Å². The number of nitrogens with zero attached hydrogens (tertiary/aromatic N) is 3. The Bertz CT molecular complexity index is 820. The van der Waals surface area contributed by atoms with Crippen molar-refractivity contribution in [1.82, 2.24) is 14.9 Å². The standard InChI is InChI=1S/C17H18ClN5O/c1-23-13(2-5-17(23)24)10-20-8-12(7-19)11-6-15-14(21-9-11)3-4-16(18)22-15/h3-4,6-9,13,19-20H,2,5,10H2,1H3/p+1/b12-8+,19-7?/t13-/m0/s1. The van der Waals surface area contributed by atoms with Crippen LogP contribution in [0.15, 0.2) is 30.6 Å². The number of likely N-dealkylation sites (tertiary alicyclic amines) is 1. The zero-order chi connectivity index (χ0) is 17.1. The fourth-order valence-corrected chi connectivity index (χ4v) is 3.01. The molecule has 124 valence electrons. The Labute approximate surface area is 145 Å². The Morgan fingerprint density at radius 1 is 1.50 bits per heavy atom. The van der Waals surface area contributed by atoms with Gasteiger partial charge in [0.25, 0.3) is 0 Å². The first-order valence-corrected chi connectivity index (χ1v) is 8.18. The molecule has 0 saturated carbocycles. The summed E-state index contributed by atoms with van der Waals surface area (Å²) in [4.78, 5) is 22.0. The van der Waals surface area contributed by atoms with E-state index in [0.29, 0.717) is 17.1 Å². The molecule has 0 spiro atoms. The van der Waals surface area contributed by atoms with Crippen LogP contribution < -0.4 is 5.32 Å². The van der Waals surface area contributed by atoms with Crippen LogP contribution in [0.1, 0.15) is 18.4 Å². The molecule has 6 nitrogen and oxygen atoms in total. The second-order valence-electron chi connectivity index (χ2n) is 5.83. The molecule has 1 atom stereocenters. The van der Waals surface area contributed by atoms with E-state index in [2.05, 4.69) is 9.97 Å². The number of amides is 1. The van der Waals surface area contributed by atoms with Gasteiger partial charge in [0.2, 0.25) is 5.91 Å². The molecule has 7 heteroatoms. The van der Waals surface area contributed by atoms with E-state index in [1.807, 2.05) is 30.7 Å². The van der Waals surface area contributed by atoms with E-state index in [-0.39, 0.29) is 11.9 Å². The molecule has 2 aromatic rings. The highest BCUT2D eigenvalue weighted by atomic mass is 35.5. The monoisotopic (exact) mass is 344 g/mol. The van der Waals surface area contributed by atoms with Crippen molar-refractivity contribution < 1.29 is 10.1 Å². The summed E-state index contributed by atoms with van der Waals surface area (Å²) >= 11 is 5.93. The second kappa shape index (κ2) is 7.07. The number of carbonyl (C=O) groups excluding carboxylic acids is 1. The van der Waals surface area contributed by atoms with Gasteiger partial charge in [-0.15, -0.1) is 0 Å². The fourth-order valence-electron chi connectivity index (χ4n) is 2.86. The minimum absolute atomic E-state index is 0.200. The normalized spacial score (nSPS) is 18.4. The summed E-state index contributed by atoms with van der Waals surface area (Å²) in [7, 11) is 1.84. The SMILES string of the molecule is CN1C(=O)CC[C@H]1C[NH2+]/C=C(\C=N)c1cnc2ccc(Cl)nc2c1. The van der Waals surface area contributed by atoms with Crippen molar-refractivity contribution in [1.29, 1.82) is 5.41 Å². The van der Waals surface area contributed by atoms with Crippen LogP contribution in [0.4, 0.5) is 0 Å². The molecular weight excluding hydrogens is 326 g/mol. The third-order valence-corrected chi connectivity index (χ3v) is 4.54. The Kier molecular flexibility index (Phi) is 4.87. The summed E-state index contributed by atoms with van der Waals surface area (Å²) in [6.45, 7) is 0.782. The van der Waals surface area contributed by atoms with Crippen LogP contribution in [0.5, 0.6) is 0 Å². The lowest BCUT2D eigenvalue weighted by Gasteiger charge is -2.17. The number of pyridine rings is 2. The molecule has 3 rings (SSSR count). The largest absolute Gasteiger partial charge is 0.337 e. The van der Waals surface area contributed by atoms with Crippen molar-refractivity contribution >= 4 is 40.3 Å². The molecule has 1 fully saturated rings. The topological polar surface area (TPSA) is 86.5 Å². The smallest absolute Gasteiger partial charge is 0.222 e. The molecule has 3 heterocycles. The number of nitrogens with one attached hydrogen (secondary N) is 1. The summed E-state index contributed by atoms with van der Waals surface area (Å²) in [5, 5.41) is 10.1. The third-order valence-electron chi connectivity index (χ3n) is 4.33. The number of quaternary nitrogens is 1. The van der Waals surface area contributed by atoms with Crippen LogP contribution >= 0.6 is 11.6 Å². The molecule has 1 saturated heterocycles. The number of carbonyl (C=O) groups is 1. The lowest BCUT2D eigenvalue weighted by atomic mass is 10.1. The molecule has 0 aliphatic carbocycles. The number of likely N-dealkylation sites (N-methyl/N-ethyl adjacent to an activating group) is 1. The maximum absolute atomic E-state index is 11.5. The summed E-state index contributed by atoms with van der Waals surface area (Å²) in [5.74, 6) is 0.200. The van der Waals surface area contributed by atoms with Gasteiger partial charge in [-0.2, -0.15) is 0 Å². The van der Waals surface area contributed by atoms with Gasteiger partial charge in [0.15, 0.2) is 0 Å².